The highest BCUT2D eigenvalue weighted by Gasteiger charge is 2.13. The Hall–Kier alpha value is -1.92. The number of amides is 1. The van der Waals surface area contributed by atoms with Crippen molar-refractivity contribution in [2.75, 3.05) is 5.73 Å². The fourth-order valence-corrected chi connectivity index (χ4v) is 2.52. The quantitative estimate of drug-likeness (QED) is 0.261. The zero-order valence-corrected chi connectivity index (χ0v) is 11.3. The topological polar surface area (TPSA) is 94.3 Å². The molecule has 0 unspecified atom stereocenters. The maximum absolute atomic E-state index is 11.4. The molecule has 1 amide bonds. The van der Waals surface area contributed by atoms with Crippen LogP contribution in [0.25, 0.3) is 0 Å². The Bertz CT molecular complexity index is 595. The van der Waals surface area contributed by atoms with Crippen LogP contribution in [0.15, 0.2) is 39.6 Å². The number of hydrazine groups is 1. The van der Waals surface area contributed by atoms with Crippen molar-refractivity contribution in [1.82, 2.24) is 5.43 Å². The van der Waals surface area contributed by atoms with Crippen molar-refractivity contribution < 1.29 is 9.21 Å². The molecule has 0 saturated heterocycles. The summed E-state index contributed by atoms with van der Waals surface area (Å²) in [6, 6.07) is 9.32. The van der Waals surface area contributed by atoms with Crippen LogP contribution in [0.3, 0.4) is 0 Å². The third-order valence-corrected chi connectivity index (χ3v) is 3.60. The molecule has 2 aromatic rings. The van der Waals surface area contributed by atoms with Crippen molar-refractivity contribution >= 4 is 23.4 Å². The third-order valence-electron chi connectivity index (χ3n) is 2.58. The van der Waals surface area contributed by atoms with Gasteiger partial charge in [0.05, 0.1) is 11.3 Å². The number of rotatable bonds is 4. The number of nitrogens with one attached hydrogen (secondary N) is 1. The van der Waals surface area contributed by atoms with Crippen molar-refractivity contribution in [3.8, 4) is 0 Å². The number of carbonyl (C=O) groups is 1. The van der Waals surface area contributed by atoms with Crippen LogP contribution in [0.4, 0.5) is 5.69 Å². The molecule has 6 heteroatoms. The number of benzene rings is 1. The molecule has 100 valence electrons. The lowest BCUT2D eigenvalue weighted by atomic mass is 10.2. The first kappa shape index (κ1) is 13.5. The van der Waals surface area contributed by atoms with E-state index in [2.05, 4.69) is 5.43 Å². The standard InChI is InChI=1S/C13H15N3O2S/c1-8-12(13(17)16-15)6-10(18-8)7-19-11-4-2-3-9(14)5-11/h2-6H,7,14-15H2,1H3,(H,16,17). The minimum Gasteiger partial charge on any atom is -0.465 e. The van der Waals surface area contributed by atoms with Crippen LogP contribution >= 0.6 is 11.8 Å². The molecule has 19 heavy (non-hydrogen) atoms. The molecule has 0 radical (unpaired) electrons. The summed E-state index contributed by atoms with van der Waals surface area (Å²) in [7, 11) is 0. The van der Waals surface area contributed by atoms with Crippen LogP contribution < -0.4 is 17.0 Å². The molecule has 0 fully saturated rings. The van der Waals surface area contributed by atoms with E-state index in [4.69, 9.17) is 16.0 Å². The monoisotopic (exact) mass is 277 g/mol. The lowest BCUT2D eigenvalue weighted by Crippen LogP contribution is -2.30. The van der Waals surface area contributed by atoms with Gasteiger partial charge in [0.25, 0.3) is 5.91 Å². The second-order valence-corrected chi connectivity index (χ2v) is 5.07. The van der Waals surface area contributed by atoms with E-state index in [9.17, 15) is 4.79 Å². The average Bonchev–Trinajstić information content (AvgIpc) is 2.77. The average molecular weight is 277 g/mol. The van der Waals surface area contributed by atoms with Crippen molar-refractivity contribution in [3.63, 3.8) is 0 Å². The van der Waals surface area contributed by atoms with E-state index in [-0.39, 0.29) is 5.91 Å². The Balaban J connectivity index is 2.06. The Morgan fingerprint density at radius 3 is 2.89 bits per heavy atom. The molecule has 0 atom stereocenters. The molecule has 2 rings (SSSR count). The van der Waals surface area contributed by atoms with Crippen molar-refractivity contribution in [2.45, 2.75) is 17.6 Å². The third kappa shape index (κ3) is 3.30. The zero-order valence-electron chi connectivity index (χ0n) is 10.5. The molecule has 1 heterocycles. The lowest BCUT2D eigenvalue weighted by Gasteiger charge is -2.00. The minimum absolute atomic E-state index is 0.346. The number of nitrogen functional groups attached to an aromatic ring is 2. The highest BCUT2D eigenvalue weighted by molar-refractivity contribution is 7.98. The predicted molar refractivity (Wildman–Crippen MR) is 75.5 cm³/mol. The van der Waals surface area contributed by atoms with Gasteiger partial charge in [0, 0.05) is 10.6 Å². The molecule has 5 N–H and O–H groups in total. The molecule has 0 aliphatic heterocycles. The van der Waals surface area contributed by atoms with Gasteiger partial charge in [0.2, 0.25) is 0 Å². The van der Waals surface area contributed by atoms with Crippen molar-refractivity contribution in [2.24, 2.45) is 5.84 Å². The molecular weight excluding hydrogens is 262 g/mol. The van der Waals surface area contributed by atoms with E-state index in [0.29, 0.717) is 17.1 Å². The van der Waals surface area contributed by atoms with Crippen LogP contribution in [0.1, 0.15) is 21.9 Å². The summed E-state index contributed by atoms with van der Waals surface area (Å²) in [5.74, 6) is 6.67. The van der Waals surface area contributed by atoms with Gasteiger partial charge in [-0.15, -0.1) is 11.8 Å². The summed E-state index contributed by atoms with van der Waals surface area (Å²) in [5, 5.41) is 0. The van der Waals surface area contributed by atoms with Crippen LogP contribution in [-0.4, -0.2) is 5.91 Å². The van der Waals surface area contributed by atoms with Crippen LogP contribution in [0.2, 0.25) is 0 Å². The number of furan rings is 1. The van der Waals surface area contributed by atoms with Gasteiger partial charge in [-0.05, 0) is 31.2 Å². The smallest absolute Gasteiger partial charge is 0.268 e. The number of aryl methyl sites for hydroxylation is 1. The Morgan fingerprint density at radius 1 is 1.42 bits per heavy atom. The maximum Gasteiger partial charge on any atom is 0.268 e. The van der Waals surface area contributed by atoms with E-state index in [1.807, 2.05) is 24.3 Å². The number of hydrogen-bond donors (Lipinski definition) is 3. The summed E-state index contributed by atoms with van der Waals surface area (Å²) in [6.45, 7) is 1.74. The minimum atomic E-state index is -0.346. The Labute approximate surface area is 115 Å². The number of hydrogen-bond acceptors (Lipinski definition) is 5. The van der Waals surface area contributed by atoms with Crippen LogP contribution in [0.5, 0.6) is 0 Å². The van der Waals surface area contributed by atoms with E-state index in [1.165, 1.54) is 0 Å². The van der Waals surface area contributed by atoms with Gasteiger partial charge in [-0.25, -0.2) is 5.84 Å². The van der Waals surface area contributed by atoms with Crippen molar-refractivity contribution in [1.29, 1.82) is 0 Å². The lowest BCUT2D eigenvalue weighted by molar-refractivity contribution is 0.0952. The number of nitrogens with two attached hydrogens (primary N) is 2. The zero-order chi connectivity index (χ0) is 13.8. The predicted octanol–water partition coefficient (Wildman–Crippen LogP) is 2.07. The first-order valence-corrected chi connectivity index (χ1v) is 6.67. The largest absolute Gasteiger partial charge is 0.465 e. The molecule has 5 nitrogen and oxygen atoms in total. The second kappa shape index (κ2) is 5.81. The highest BCUT2D eigenvalue weighted by Crippen LogP contribution is 2.26. The van der Waals surface area contributed by atoms with Gasteiger partial charge in [0.15, 0.2) is 0 Å². The molecular formula is C13H15N3O2S. The number of thioether (sulfide) groups is 1. The summed E-state index contributed by atoms with van der Waals surface area (Å²) in [4.78, 5) is 12.5. The highest BCUT2D eigenvalue weighted by atomic mass is 32.2. The summed E-state index contributed by atoms with van der Waals surface area (Å²) in [5.41, 5.74) is 8.99. The molecule has 1 aromatic heterocycles. The normalized spacial score (nSPS) is 10.4. The summed E-state index contributed by atoms with van der Waals surface area (Å²) in [6.07, 6.45) is 0. The Morgan fingerprint density at radius 2 is 2.21 bits per heavy atom. The molecule has 0 aliphatic carbocycles. The van der Waals surface area contributed by atoms with Gasteiger partial charge >= 0.3 is 0 Å². The maximum atomic E-state index is 11.4. The van der Waals surface area contributed by atoms with Crippen LogP contribution in [0, 0.1) is 6.92 Å². The number of anilines is 1. The number of carbonyl (C=O) groups excluding carboxylic acids is 1. The molecule has 1 aromatic carbocycles. The van der Waals surface area contributed by atoms with Gasteiger partial charge in [-0.3, -0.25) is 10.2 Å². The van der Waals surface area contributed by atoms with E-state index >= 15 is 0 Å². The van der Waals surface area contributed by atoms with Gasteiger partial charge < -0.3 is 10.2 Å². The van der Waals surface area contributed by atoms with E-state index in [0.717, 1.165) is 16.3 Å². The van der Waals surface area contributed by atoms with Gasteiger partial charge in [-0.1, -0.05) is 6.07 Å². The molecule has 0 aliphatic rings. The second-order valence-electron chi connectivity index (χ2n) is 4.02. The molecule has 0 bridgehead atoms. The summed E-state index contributed by atoms with van der Waals surface area (Å²) < 4.78 is 5.52. The van der Waals surface area contributed by atoms with Gasteiger partial charge in [-0.2, -0.15) is 0 Å². The fourth-order valence-electron chi connectivity index (χ4n) is 1.68. The first-order chi connectivity index (χ1) is 9.10. The van der Waals surface area contributed by atoms with Crippen molar-refractivity contribution in [3.05, 3.63) is 47.4 Å². The fraction of sp³-hybridized carbons (Fsp3) is 0.154. The summed E-state index contributed by atoms with van der Waals surface area (Å²) >= 11 is 1.59. The van der Waals surface area contributed by atoms with E-state index < -0.39 is 0 Å². The van der Waals surface area contributed by atoms with E-state index in [1.54, 1.807) is 24.8 Å². The van der Waals surface area contributed by atoms with Gasteiger partial charge in [0.1, 0.15) is 11.5 Å². The first-order valence-electron chi connectivity index (χ1n) is 5.68. The van der Waals surface area contributed by atoms with Crippen LogP contribution in [-0.2, 0) is 5.75 Å². The SMILES string of the molecule is Cc1oc(CSc2cccc(N)c2)cc1C(=O)NN. The molecule has 0 saturated carbocycles. The molecule has 0 spiro atoms. The Kier molecular flexibility index (Phi) is 4.13.